The lowest BCUT2D eigenvalue weighted by Gasteiger charge is -2.28. The van der Waals surface area contributed by atoms with Gasteiger partial charge in [0.05, 0.1) is 6.26 Å². The molecule has 1 amide bonds. The number of benzene rings is 1. The van der Waals surface area contributed by atoms with Crippen molar-refractivity contribution in [1.82, 2.24) is 4.90 Å². The molecular weight excluding hydrogens is 238 g/mol. The summed E-state index contributed by atoms with van der Waals surface area (Å²) in [6, 6.07) is 10.3. The molecule has 104 valence electrons. The van der Waals surface area contributed by atoms with Crippen LogP contribution in [-0.2, 0) is 11.2 Å². The Kier molecular flexibility index (Phi) is 6.13. The van der Waals surface area contributed by atoms with Crippen LogP contribution in [0.3, 0.4) is 0 Å². The molecule has 0 spiro atoms. The maximum absolute atomic E-state index is 11.9. The lowest BCUT2D eigenvalue weighted by Crippen LogP contribution is -2.41. The number of amides is 1. The Morgan fingerprint density at radius 1 is 1.16 bits per heavy atom. The Hall–Kier alpha value is -1.77. The normalized spacial score (nSPS) is 11.3. The first-order valence-electron chi connectivity index (χ1n) is 6.70. The minimum absolute atomic E-state index is 0.134. The average molecular weight is 261 g/mol. The Morgan fingerprint density at radius 2 is 1.74 bits per heavy atom. The highest BCUT2D eigenvalue weighted by Crippen LogP contribution is 2.08. The number of rotatable bonds is 5. The molecule has 0 heterocycles. The fourth-order valence-electron chi connectivity index (χ4n) is 1.98. The number of hydrogen-bond acceptors (Lipinski definition) is 2. The van der Waals surface area contributed by atoms with Crippen molar-refractivity contribution in [3.63, 3.8) is 0 Å². The van der Waals surface area contributed by atoms with Gasteiger partial charge < -0.3 is 9.64 Å². The number of ether oxygens (including phenoxy) is 1. The van der Waals surface area contributed by atoms with Crippen molar-refractivity contribution in [2.24, 2.45) is 0 Å². The summed E-state index contributed by atoms with van der Waals surface area (Å²) < 4.78 is 5.15. The van der Waals surface area contributed by atoms with E-state index in [9.17, 15) is 4.79 Å². The molecule has 1 aromatic carbocycles. The molecule has 0 N–H and O–H groups in total. The van der Waals surface area contributed by atoms with Gasteiger partial charge in [-0.1, -0.05) is 30.3 Å². The number of allylic oxidation sites excluding steroid dienone is 1. The number of nitrogens with zero attached hydrogens (tertiary/aromatic N) is 1. The molecule has 0 fully saturated rings. The van der Waals surface area contributed by atoms with Crippen molar-refractivity contribution in [3.05, 3.63) is 48.2 Å². The Bertz CT molecular complexity index is 402. The third kappa shape index (κ3) is 5.16. The average Bonchev–Trinajstić information content (AvgIpc) is 2.35. The van der Waals surface area contributed by atoms with Crippen LogP contribution >= 0.6 is 0 Å². The third-order valence-electron chi connectivity index (χ3n) is 2.78. The molecular formula is C16H23NO2. The summed E-state index contributed by atoms with van der Waals surface area (Å²) in [4.78, 5) is 13.6. The van der Waals surface area contributed by atoms with Crippen LogP contribution in [0.5, 0.6) is 0 Å². The predicted octanol–water partition coefficient (Wildman–Crippen LogP) is 4.00. The van der Waals surface area contributed by atoms with Crippen LogP contribution < -0.4 is 0 Å². The molecule has 19 heavy (non-hydrogen) atoms. The quantitative estimate of drug-likeness (QED) is 0.750. The minimum Gasteiger partial charge on any atom is -0.418 e. The van der Waals surface area contributed by atoms with E-state index in [2.05, 4.69) is 0 Å². The molecule has 0 saturated heterocycles. The summed E-state index contributed by atoms with van der Waals surface area (Å²) in [5.41, 5.74) is 1.19. The lowest BCUT2D eigenvalue weighted by atomic mass is 10.2. The molecule has 3 nitrogen and oxygen atoms in total. The van der Waals surface area contributed by atoms with Gasteiger partial charge in [-0.15, -0.1) is 0 Å². The summed E-state index contributed by atoms with van der Waals surface area (Å²) in [6.07, 6.45) is 3.80. The topological polar surface area (TPSA) is 29.5 Å². The highest BCUT2D eigenvalue weighted by molar-refractivity contribution is 5.68. The molecule has 0 aliphatic rings. The first kappa shape index (κ1) is 15.3. The number of hydrogen-bond donors (Lipinski definition) is 0. The van der Waals surface area contributed by atoms with E-state index in [4.69, 9.17) is 4.74 Å². The van der Waals surface area contributed by atoms with Crippen molar-refractivity contribution in [2.75, 3.05) is 0 Å². The zero-order valence-corrected chi connectivity index (χ0v) is 12.2. The zero-order chi connectivity index (χ0) is 14.3. The summed E-state index contributed by atoms with van der Waals surface area (Å²) in [6.45, 7) is 7.92. The van der Waals surface area contributed by atoms with Gasteiger partial charge >= 0.3 is 6.09 Å². The largest absolute Gasteiger partial charge is 0.418 e. The van der Waals surface area contributed by atoms with E-state index in [0.717, 1.165) is 6.42 Å². The fraction of sp³-hybridized carbons (Fsp3) is 0.438. The van der Waals surface area contributed by atoms with Gasteiger partial charge in [-0.25, -0.2) is 4.79 Å². The van der Waals surface area contributed by atoms with Gasteiger partial charge in [0, 0.05) is 12.1 Å². The Morgan fingerprint density at radius 3 is 2.26 bits per heavy atom. The van der Waals surface area contributed by atoms with Gasteiger partial charge in [-0.3, -0.25) is 0 Å². The molecule has 0 aliphatic carbocycles. The van der Waals surface area contributed by atoms with Crippen LogP contribution in [0.25, 0.3) is 0 Å². The summed E-state index contributed by atoms with van der Waals surface area (Å²) >= 11 is 0. The number of carbonyl (C=O) groups excluding carboxylic acids is 1. The zero-order valence-electron chi connectivity index (χ0n) is 12.2. The van der Waals surface area contributed by atoms with Crippen molar-refractivity contribution in [1.29, 1.82) is 0 Å². The van der Waals surface area contributed by atoms with Crippen molar-refractivity contribution < 1.29 is 9.53 Å². The van der Waals surface area contributed by atoms with Crippen molar-refractivity contribution >= 4 is 6.09 Å². The predicted molar refractivity (Wildman–Crippen MR) is 77.9 cm³/mol. The second kappa shape index (κ2) is 7.62. The smallest absolute Gasteiger partial charge is 0.415 e. The van der Waals surface area contributed by atoms with Crippen LogP contribution in [0.4, 0.5) is 4.79 Å². The Labute approximate surface area is 115 Å². The first-order valence-corrected chi connectivity index (χ1v) is 6.70. The van der Waals surface area contributed by atoms with E-state index in [-0.39, 0.29) is 18.2 Å². The van der Waals surface area contributed by atoms with Gasteiger partial charge in [0.25, 0.3) is 0 Å². The fourth-order valence-corrected chi connectivity index (χ4v) is 1.98. The van der Waals surface area contributed by atoms with E-state index < -0.39 is 0 Å². The van der Waals surface area contributed by atoms with E-state index in [0.29, 0.717) is 0 Å². The molecule has 0 saturated carbocycles. The summed E-state index contributed by atoms with van der Waals surface area (Å²) in [7, 11) is 0. The SMILES string of the molecule is CC(C)N(C(=O)O/C=C\Cc1ccccc1)C(C)C. The Balaban J connectivity index is 2.45. The maximum atomic E-state index is 11.9. The summed E-state index contributed by atoms with van der Waals surface area (Å²) in [5.74, 6) is 0. The molecule has 0 bridgehead atoms. The highest BCUT2D eigenvalue weighted by atomic mass is 16.5. The molecule has 1 rings (SSSR count). The highest BCUT2D eigenvalue weighted by Gasteiger charge is 2.20. The van der Waals surface area contributed by atoms with E-state index >= 15 is 0 Å². The van der Waals surface area contributed by atoms with Gasteiger partial charge in [0.1, 0.15) is 0 Å². The summed E-state index contributed by atoms with van der Waals surface area (Å²) in [5, 5.41) is 0. The molecule has 0 atom stereocenters. The first-order chi connectivity index (χ1) is 9.02. The second-order valence-corrected chi connectivity index (χ2v) is 5.04. The molecule has 1 aromatic rings. The van der Waals surface area contributed by atoms with E-state index in [1.807, 2.05) is 64.1 Å². The van der Waals surface area contributed by atoms with Gasteiger partial charge in [-0.05, 0) is 45.8 Å². The van der Waals surface area contributed by atoms with Gasteiger partial charge in [-0.2, -0.15) is 0 Å². The van der Waals surface area contributed by atoms with Gasteiger partial charge in [0.15, 0.2) is 0 Å². The molecule has 0 aromatic heterocycles. The molecule has 0 radical (unpaired) electrons. The lowest BCUT2D eigenvalue weighted by molar-refractivity contribution is 0.109. The monoisotopic (exact) mass is 261 g/mol. The number of carbonyl (C=O) groups is 1. The van der Waals surface area contributed by atoms with Crippen LogP contribution in [0.1, 0.15) is 33.3 Å². The maximum Gasteiger partial charge on any atom is 0.415 e. The third-order valence-corrected chi connectivity index (χ3v) is 2.78. The van der Waals surface area contributed by atoms with Crippen molar-refractivity contribution in [2.45, 2.75) is 46.2 Å². The van der Waals surface area contributed by atoms with Crippen LogP contribution in [0, 0.1) is 0 Å². The molecule has 3 heteroatoms. The molecule has 0 unspecified atom stereocenters. The molecule has 0 aliphatic heterocycles. The van der Waals surface area contributed by atoms with Crippen LogP contribution in [0.2, 0.25) is 0 Å². The van der Waals surface area contributed by atoms with E-state index in [1.165, 1.54) is 11.8 Å². The minimum atomic E-state index is -0.297. The van der Waals surface area contributed by atoms with Gasteiger partial charge in [0.2, 0.25) is 0 Å². The van der Waals surface area contributed by atoms with Crippen molar-refractivity contribution in [3.8, 4) is 0 Å². The standard InChI is InChI=1S/C16H23NO2/c1-13(2)17(14(3)4)16(18)19-12-8-11-15-9-6-5-7-10-15/h5-10,12-14H,11H2,1-4H3/b12-8-. The second-order valence-electron chi connectivity index (χ2n) is 5.04. The van der Waals surface area contributed by atoms with Crippen LogP contribution in [0.15, 0.2) is 42.7 Å². The van der Waals surface area contributed by atoms with E-state index in [1.54, 1.807) is 4.90 Å². The van der Waals surface area contributed by atoms with Crippen LogP contribution in [-0.4, -0.2) is 23.1 Å².